The highest BCUT2D eigenvalue weighted by atomic mass is 16.1. The van der Waals surface area contributed by atoms with E-state index in [-0.39, 0.29) is 0 Å². The number of nitrogens with two attached hydrogens (primary N) is 2. The van der Waals surface area contributed by atoms with Gasteiger partial charge in [0.25, 0.3) is 0 Å². The third kappa shape index (κ3) is 2.37. The average molecular weight is 270 g/mol. The van der Waals surface area contributed by atoms with Crippen LogP contribution in [0.2, 0.25) is 0 Å². The van der Waals surface area contributed by atoms with Crippen LogP contribution in [0.3, 0.4) is 0 Å². The summed E-state index contributed by atoms with van der Waals surface area (Å²) in [6.45, 7) is 3.99. The predicted molar refractivity (Wildman–Crippen MR) is 78.3 cm³/mol. The Balaban J connectivity index is 2.71. The minimum Gasteiger partial charge on any atom is -0.366 e. The van der Waals surface area contributed by atoms with E-state index < -0.39 is 17.2 Å². The Hall–Kier alpha value is -2.36. The summed E-state index contributed by atoms with van der Waals surface area (Å²) >= 11 is 0. The van der Waals surface area contributed by atoms with Gasteiger partial charge in [-0.25, -0.2) is 0 Å². The fourth-order valence-corrected chi connectivity index (χ4v) is 2.87. The van der Waals surface area contributed by atoms with E-state index in [1.807, 2.05) is 32.1 Å². The lowest BCUT2D eigenvalue weighted by Crippen LogP contribution is -2.30. The first-order valence-corrected chi connectivity index (χ1v) is 6.43. The molecular formula is C16H18N2O2. The zero-order valence-electron chi connectivity index (χ0n) is 11.6. The lowest BCUT2D eigenvalue weighted by atomic mass is 9.71. The number of hydrogen-bond acceptors (Lipinski definition) is 2. The van der Waals surface area contributed by atoms with Crippen molar-refractivity contribution in [3.05, 3.63) is 58.7 Å². The summed E-state index contributed by atoms with van der Waals surface area (Å²) in [7, 11) is 0. The van der Waals surface area contributed by atoms with Crippen LogP contribution < -0.4 is 11.5 Å². The van der Waals surface area contributed by atoms with Gasteiger partial charge in [0.1, 0.15) is 0 Å². The monoisotopic (exact) mass is 270 g/mol. The number of benzene rings is 1. The third-order valence-corrected chi connectivity index (χ3v) is 3.66. The van der Waals surface area contributed by atoms with Crippen LogP contribution in [0.4, 0.5) is 0 Å². The number of hydrogen-bond donors (Lipinski definition) is 2. The number of allylic oxidation sites excluding steroid dienone is 4. The first-order chi connectivity index (χ1) is 9.35. The summed E-state index contributed by atoms with van der Waals surface area (Å²) in [5, 5.41) is 0. The highest BCUT2D eigenvalue weighted by Gasteiger charge is 2.33. The van der Waals surface area contributed by atoms with Gasteiger partial charge in [0.15, 0.2) is 0 Å². The van der Waals surface area contributed by atoms with Crippen molar-refractivity contribution in [2.45, 2.75) is 25.7 Å². The molecule has 20 heavy (non-hydrogen) atoms. The van der Waals surface area contributed by atoms with Crippen LogP contribution in [-0.2, 0) is 5.41 Å². The molecule has 4 nitrogen and oxygen atoms in total. The van der Waals surface area contributed by atoms with E-state index in [4.69, 9.17) is 11.5 Å². The molecule has 0 radical (unpaired) electrons. The van der Waals surface area contributed by atoms with Crippen molar-refractivity contribution in [1.29, 1.82) is 0 Å². The maximum Gasteiger partial charge on any atom is 0.249 e. The first-order valence-electron chi connectivity index (χ1n) is 6.43. The van der Waals surface area contributed by atoms with Gasteiger partial charge >= 0.3 is 0 Å². The maximum atomic E-state index is 11.7. The quantitative estimate of drug-likeness (QED) is 0.880. The number of primary amides is 2. The van der Waals surface area contributed by atoms with Gasteiger partial charge in [-0.3, -0.25) is 9.59 Å². The SMILES string of the molecule is CC1=CC=CC(C)(c2c(C(N)=O)cccc2C(N)=O)C1. The molecule has 2 rings (SSSR count). The second kappa shape index (κ2) is 4.96. The number of amides is 2. The Morgan fingerprint density at radius 3 is 2.15 bits per heavy atom. The summed E-state index contributed by atoms with van der Waals surface area (Å²) < 4.78 is 0. The van der Waals surface area contributed by atoms with Crippen LogP contribution in [0.25, 0.3) is 0 Å². The van der Waals surface area contributed by atoms with E-state index in [0.717, 1.165) is 0 Å². The van der Waals surface area contributed by atoms with Gasteiger partial charge in [0, 0.05) is 16.5 Å². The number of rotatable bonds is 3. The predicted octanol–water partition coefficient (Wildman–Crippen LogP) is 2.05. The van der Waals surface area contributed by atoms with Crippen LogP contribution >= 0.6 is 0 Å². The van der Waals surface area contributed by atoms with Gasteiger partial charge < -0.3 is 11.5 Å². The van der Waals surface area contributed by atoms with Gasteiger partial charge in [-0.1, -0.05) is 36.8 Å². The second-order valence-electron chi connectivity index (χ2n) is 5.42. The van der Waals surface area contributed by atoms with Crippen molar-refractivity contribution in [2.75, 3.05) is 0 Å². The zero-order valence-corrected chi connectivity index (χ0v) is 11.6. The van der Waals surface area contributed by atoms with Crippen molar-refractivity contribution >= 4 is 11.8 Å². The van der Waals surface area contributed by atoms with Gasteiger partial charge in [-0.15, -0.1) is 0 Å². The number of carbonyl (C=O) groups is 2. The third-order valence-electron chi connectivity index (χ3n) is 3.66. The molecule has 0 aliphatic heterocycles. The van der Waals surface area contributed by atoms with Crippen molar-refractivity contribution in [3.8, 4) is 0 Å². The normalized spacial score (nSPS) is 21.4. The maximum absolute atomic E-state index is 11.7. The molecule has 1 aliphatic rings. The van der Waals surface area contributed by atoms with E-state index in [1.165, 1.54) is 5.57 Å². The molecule has 4 N–H and O–H groups in total. The van der Waals surface area contributed by atoms with Crippen molar-refractivity contribution < 1.29 is 9.59 Å². The molecule has 0 saturated heterocycles. The summed E-state index contributed by atoms with van der Waals surface area (Å²) in [6.07, 6.45) is 6.64. The van der Waals surface area contributed by atoms with Crippen LogP contribution in [0.15, 0.2) is 42.0 Å². The molecule has 1 unspecified atom stereocenters. The smallest absolute Gasteiger partial charge is 0.249 e. The standard InChI is InChI=1S/C16H18N2O2/c1-10-5-4-8-16(2,9-10)13-11(14(17)19)6-3-7-12(13)15(18)20/h3-8H,9H2,1-2H3,(H2,17,19)(H2,18,20). The molecule has 104 valence electrons. The summed E-state index contributed by atoms with van der Waals surface area (Å²) in [5.41, 5.74) is 12.9. The fraction of sp³-hybridized carbons (Fsp3) is 0.250. The molecule has 0 aromatic heterocycles. The van der Waals surface area contributed by atoms with Gasteiger partial charge in [0.2, 0.25) is 11.8 Å². The van der Waals surface area contributed by atoms with Gasteiger partial charge in [-0.2, -0.15) is 0 Å². The average Bonchev–Trinajstić information content (AvgIpc) is 2.37. The minimum atomic E-state index is -0.551. The Morgan fingerprint density at radius 2 is 1.70 bits per heavy atom. The Labute approximate surface area is 118 Å². The topological polar surface area (TPSA) is 86.2 Å². The van der Waals surface area contributed by atoms with Gasteiger partial charge in [-0.05, 0) is 31.0 Å². The molecule has 0 fully saturated rings. The van der Waals surface area contributed by atoms with E-state index in [9.17, 15) is 9.59 Å². The molecule has 1 aliphatic carbocycles. The second-order valence-corrected chi connectivity index (χ2v) is 5.42. The summed E-state index contributed by atoms with van der Waals surface area (Å²) in [5.74, 6) is -1.10. The summed E-state index contributed by atoms with van der Waals surface area (Å²) in [6, 6.07) is 4.90. The fourth-order valence-electron chi connectivity index (χ4n) is 2.87. The molecule has 4 heteroatoms. The van der Waals surface area contributed by atoms with Crippen molar-refractivity contribution in [3.63, 3.8) is 0 Å². The lowest BCUT2D eigenvalue weighted by molar-refractivity contribution is 0.0997. The molecule has 0 saturated carbocycles. The largest absolute Gasteiger partial charge is 0.366 e. The first kappa shape index (κ1) is 14.1. The van der Waals surface area contributed by atoms with Crippen LogP contribution in [0.1, 0.15) is 46.5 Å². The molecule has 1 aromatic carbocycles. The van der Waals surface area contributed by atoms with Crippen molar-refractivity contribution in [1.82, 2.24) is 0 Å². The van der Waals surface area contributed by atoms with E-state index in [1.54, 1.807) is 18.2 Å². The highest BCUT2D eigenvalue weighted by molar-refractivity contribution is 6.01. The van der Waals surface area contributed by atoms with Crippen LogP contribution in [0.5, 0.6) is 0 Å². The molecule has 1 atom stereocenters. The van der Waals surface area contributed by atoms with Crippen LogP contribution in [-0.4, -0.2) is 11.8 Å². The molecule has 0 bridgehead atoms. The van der Waals surface area contributed by atoms with Crippen molar-refractivity contribution in [2.24, 2.45) is 11.5 Å². The molecule has 0 spiro atoms. The lowest BCUT2D eigenvalue weighted by Gasteiger charge is -2.32. The molecule has 1 aromatic rings. The highest BCUT2D eigenvalue weighted by Crippen LogP contribution is 2.38. The Bertz CT molecular complexity index is 612. The molecule has 2 amide bonds. The number of carbonyl (C=O) groups excluding carboxylic acids is 2. The van der Waals surface area contributed by atoms with Gasteiger partial charge in [0.05, 0.1) is 0 Å². The van der Waals surface area contributed by atoms with E-state index >= 15 is 0 Å². The van der Waals surface area contributed by atoms with Crippen LogP contribution in [0, 0.1) is 0 Å². The summed E-state index contributed by atoms with van der Waals surface area (Å²) in [4.78, 5) is 23.4. The minimum absolute atomic E-state index is 0.350. The Kier molecular flexibility index (Phi) is 3.49. The molecular weight excluding hydrogens is 252 g/mol. The molecule has 0 heterocycles. The van der Waals surface area contributed by atoms with E-state index in [0.29, 0.717) is 23.1 Å². The zero-order chi connectivity index (χ0) is 14.9. The Morgan fingerprint density at radius 1 is 1.15 bits per heavy atom. The van der Waals surface area contributed by atoms with E-state index in [2.05, 4.69) is 0 Å².